The molecule has 0 saturated carbocycles. The Bertz CT molecular complexity index is 663. The smallest absolute Gasteiger partial charge is 0.151 e. The number of aryl methyl sites for hydroxylation is 3. The van der Waals surface area contributed by atoms with Gasteiger partial charge >= 0.3 is 0 Å². The Kier molecular flexibility index (Phi) is 3.36. The summed E-state index contributed by atoms with van der Waals surface area (Å²) < 4.78 is 0. The number of hydrogen-bond donors (Lipinski definition) is 1. The van der Waals surface area contributed by atoms with Crippen molar-refractivity contribution >= 4 is 11.6 Å². The molecule has 6 heteroatoms. The van der Waals surface area contributed by atoms with Crippen molar-refractivity contribution in [3.8, 4) is 0 Å². The van der Waals surface area contributed by atoms with E-state index in [0.29, 0.717) is 5.92 Å². The zero-order valence-corrected chi connectivity index (χ0v) is 12.8. The van der Waals surface area contributed by atoms with E-state index in [-0.39, 0.29) is 0 Å². The average molecular weight is 296 g/mol. The standard InChI is InChI=1S/C16H20N6/c1-11-5-6-15(20-18-11)17-8-12-9-22(10-12)16-7-13-3-2-4-14(13)19-21-16/h5-7,12H,2-4,8-10H2,1H3,(H,17,20). The fraction of sp³-hybridized carbons (Fsp3) is 0.500. The Labute approximate surface area is 130 Å². The van der Waals surface area contributed by atoms with Gasteiger partial charge < -0.3 is 10.2 Å². The molecular formula is C16H20N6. The van der Waals surface area contributed by atoms with Crippen LogP contribution in [0.4, 0.5) is 11.6 Å². The van der Waals surface area contributed by atoms with Gasteiger partial charge in [0, 0.05) is 25.6 Å². The van der Waals surface area contributed by atoms with E-state index in [2.05, 4.69) is 36.7 Å². The van der Waals surface area contributed by atoms with Crippen molar-refractivity contribution in [3.63, 3.8) is 0 Å². The van der Waals surface area contributed by atoms with E-state index in [9.17, 15) is 0 Å². The maximum Gasteiger partial charge on any atom is 0.151 e. The van der Waals surface area contributed by atoms with Gasteiger partial charge in [-0.1, -0.05) is 0 Å². The van der Waals surface area contributed by atoms with Gasteiger partial charge in [-0.2, -0.15) is 10.2 Å². The molecule has 1 saturated heterocycles. The first-order valence-corrected chi connectivity index (χ1v) is 7.92. The van der Waals surface area contributed by atoms with Crippen molar-refractivity contribution in [2.24, 2.45) is 5.92 Å². The van der Waals surface area contributed by atoms with Crippen LogP contribution in [0.1, 0.15) is 23.4 Å². The Balaban J connectivity index is 1.30. The van der Waals surface area contributed by atoms with E-state index in [1.807, 2.05) is 19.1 Å². The predicted molar refractivity (Wildman–Crippen MR) is 85.0 cm³/mol. The van der Waals surface area contributed by atoms with Crippen molar-refractivity contribution in [3.05, 3.63) is 35.2 Å². The van der Waals surface area contributed by atoms with Crippen LogP contribution in [-0.2, 0) is 12.8 Å². The quantitative estimate of drug-likeness (QED) is 0.924. The van der Waals surface area contributed by atoms with Crippen LogP contribution in [0.5, 0.6) is 0 Å². The number of fused-ring (bicyclic) bond motifs is 1. The van der Waals surface area contributed by atoms with Crippen LogP contribution >= 0.6 is 0 Å². The molecule has 6 nitrogen and oxygen atoms in total. The van der Waals surface area contributed by atoms with Crippen LogP contribution in [-0.4, -0.2) is 40.0 Å². The van der Waals surface area contributed by atoms with Gasteiger partial charge in [-0.3, -0.25) is 0 Å². The zero-order chi connectivity index (χ0) is 14.9. The Morgan fingerprint density at radius 1 is 1.14 bits per heavy atom. The molecule has 4 rings (SSSR count). The van der Waals surface area contributed by atoms with Crippen molar-refractivity contribution < 1.29 is 0 Å². The number of anilines is 2. The molecule has 2 aromatic heterocycles. The monoisotopic (exact) mass is 296 g/mol. The van der Waals surface area contributed by atoms with E-state index >= 15 is 0 Å². The molecule has 0 atom stereocenters. The molecule has 0 aromatic carbocycles. The molecule has 0 radical (unpaired) electrons. The first-order chi connectivity index (χ1) is 10.8. The van der Waals surface area contributed by atoms with Gasteiger partial charge in [-0.25, -0.2) is 0 Å². The summed E-state index contributed by atoms with van der Waals surface area (Å²) in [5.41, 5.74) is 3.53. The molecule has 0 bridgehead atoms. The molecule has 2 aliphatic rings. The molecule has 1 N–H and O–H groups in total. The summed E-state index contributed by atoms with van der Waals surface area (Å²) in [5, 5.41) is 20.3. The summed E-state index contributed by atoms with van der Waals surface area (Å²) in [6.07, 6.45) is 3.47. The molecule has 22 heavy (non-hydrogen) atoms. The van der Waals surface area contributed by atoms with E-state index in [1.54, 1.807) is 0 Å². The molecule has 3 heterocycles. The van der Waals surface area contributed by atoms with Crippen LogP contribution in [0, 0.1) is 12.8 Å². The molecule has 2 aromatic rings. The molecule has 1 fully saturated rings. The van der Waals surface area contributed by atoms with Crippen LogP contribution in [0.25, 0.3) is 0 Å². The van der Waals surface area contributed by atoms with Gasteiger partial charge in [-0.15, -0.1) is 10.2 Å². The fourth-order valence-corrected chi connectivity index (χ4v) is 3.10. The molecule has 1 aliphatic carbocycles. The second kappa shape index (κ2) is 5.51. The Morgan fingerprint density at radius 2 is 2.05 bits per heavy atom. The number of aromatic nitrogens is 4. The second-order valence-corrected chi connectivity index (χ2v) is 6.24. The average Bonchev–Trinajstić information content (AvgIpc) is 2.95. The molecule has 0 amide bonds. The lowest BCUT2D eigenvalue weighted by molar-refractivity contribution is 0.425. The highest BCUT2D eigenvalue weighted by molar-refractivity contribution is 5.45. The SMILES string of the molecule is Cc1ccc(NCC2CN(c3cc4c(nn3)CCC4)C2)nn1. The van der Waals surface area contributed by atoms with Gasteiger partial charge in [0.15, 0.2) is 5.82 Å². The minimum atomic E-state index is 0.623. The highest BCUT2D eigenvalue weighted by atomic mass is 15.3. The lowest BCUT2D eigenvalue weighted by atomic mass is 10.00. The first kappa shape index (κ1) is 13.4. The lowest BCUT2D eigenvalue weighted by Gasteiger charge is -2.40. The highest BCUT2D eigenvalue weighted by Crippen LogP contribution is 2.27. The summed E-state index contributed by atoms with van der Waals surface area (Å²) in [6, 6.07) is 6.18. The van der Waals surface area contributed by atoms with Gasteiger partial charge in [-0.05, 0) is 49.9 Å². The van der Waals surface area contributed by atoms with E-state index < -0.39 is 0 Å². The topological polar surface area (TPSA) is 66.8 Å². The van der Waals surface area contributed by atoms with Gasteiger partial charge in [0.1, 0.15) is 5.82 Å². The molecule has 0 unspecified atom stereocenters. The summed E-state index contributed by atoms with van der Waals surface area (Å²) in [5.74, 6) is 2.51. The third kappa shape index (κ3) is 2.61. The van der Waals surface area contributed by atoms with Crippen molar-refractivity contribution in [2.45, 2.75) is 26.2 Å². The summed E-state index contributed by atoms with van der Waals surface area (Å²) >= 11 is 0. The van der Waals surface area contributed by atoms with Gasteiger partial charge in [0.2, 0.25) is 0 Å². The maximum absolute atomic E-state index is 4.37. The third-order valence-electron chi connectivity index (χ3n) is 4.46. The number of nitrogens with zero attached hydrogens (tertiary/aromatic N) is 5. The maximum atomic E-state index is 4.37. The normalized spacial score (nSPS) is 17.2. The van der Waals surface area contributed by atoms with Crippen LogP contribution in [0.15, 0.2) is 18.2 Å². The zero-order valence-electron chi connectivity index (χ0n) is 12.8. The van der Waals surface area contributed by atoms with Gasteiger partial charge in [0.05, 0.1) is 11.4 Å². The largest absolute Gasteiger partial charge is 0.368 e. The third-order valence-corrected chi connectivity index (χ3v) is 4.46. The number of nitrogens with one attached hydrogen (secondary N) is 1. The molecule has 1 aliphatic heterocycles. The highest BCUT2D eigenvalue weighted by Gasteiger charge is 2.28. The van der Waals surface area contributed by atoms with Crippen molar-refractivity contribution in [1.29, 1.82) is 0 Å². The fourth-order valence-electron chi connectivity index (χ4n) is 3.10. The summed E-state index contributed by atoms with van der Waals surface area (Å²) in [6.45, 7) is 4.92. The van der Waals surface area contributed by atoms with E-state index in [0.717, 1.165) is 49.8 Å². The lowest BCUT2D eigenvalue weighted by Crippen LogP contribution is -2.50. The van der Waals surface area contributed by atoms with Crippen LogP contribution < -0.4 is 10.2 Å². The van der Waals surface area contributed by atoms with Crippen LogP contribution in [0.3, 0.4) is 0 Å². The van der Waals surface area contributed by atoms with Gasteiger partial charge in [0.25, 0.3) is 0 Å². The van der Waals surface area contributed by atoms with Crippen LogP contribution in [0.2, 0.25) is 0 Å². The Morgan fingerprint density at radius 3 is 2.86 bits per heavy atom. The van der Waals surface area contributed by atoms with Crippen molar-refractivity contribution in [2.75, 3.05) is 29.9 Å². The minimum Gasteiger partial charge on any atom is -0.368 e. The first-order valence-electron chi connectivity index (χ1n) is 7.92. The number of rotatable bonds is 4. The van der Waals surface area contributed by atoms with E-state index in [1.165, 1.54) is 17.7 Å². The van der Waals surface area contributed by atoms with Crippen molar-refractivity contribution in [1.82, 2.24) is 20.4 Å². The molecule has 114 valence electrons. The second-order valence-electron chi connectivity index (χ2n) is 6.24. The summed E-state index contributed by atoms with van der Waals surface area (Å²) in [7, 11) is 0. The molecule has 0 spiro atoms. The minimum absolute atomic E-state index is 0.623. The Hall–Kier alpha value is -2.24. The molecular weight excluding hydrogens is 276 g/mol. The number of hydrogen-bond acceptors (Lipinski definition) is 6. The van der Waals surface area contributed by atoms with E-state index in [4.69, 9.17) is 0 Å². The summed E-state index contributed by atoms with van der Waals surface area (Å²) in [4.78, 5) is 2.30. The predicted octanol–water partition coefficient (Wildman–Crippen LogP) is 1.61.